The molecule has 8 heteroatoms. The molecule has 130 valence electrons. The molecule has 0 aliphatic carbocycles. The van der Waals surface area contributed by atoms with Gasteiger partial charge in [0.05, 0.1) is 11.8 Å². The Hall–Kier alpha value is -2.58. The van der Waals surface area contributed by atoms with E-state index >= 15 is 0 Å². The predicted octanol–water partition coefficient (Wildman–Crippen LogP) is 2.22. The highest BCUT2D eigenvalue weighted by molar-refractivity contribution is 7.99. The van der Waals surface area contributed by atoms with Gasteiger partial charge in [0, 0.05) is 18.1 Å². The molecular weight excluding hydrogens is 336 g/mol. The number of benzene rings is 2. The van der Waals surface area contributed by atoms with E-state index in [0.29, 0.717) is 5.16 Å². The molecule has 1 amide bonds. The number of nitrogens with zero attached hydrogens (tertiary/aromatic N) is 3. The first-order valence-electron chi connectivity index (χ1n) is 7.86. The smallest absolute Gasteiger partial charge is 0.244 e. The number of hydrazine groups is 1. The molecule has 7 nitrogen and oxygen atoms in total. The molecule has 4 N–H and O–H groups in total. The highest BCUT2D eigenvalue weighted by Crippen LogP contribution is 2.27. The number of thioether (sulfide) groups is 1. The summed E-state index contributed by atoms with van der Waals surface area (Å²) in [5.41, 5.74) is 3.15. The van der Waals surface area contributed by atoms with E-state index in [-0.39, 0.29) is 17.7 Å². The molecule has 3 aromatic rings. The minimum atomic E-state index is -0.253. The third-order valence-corrected chi connectivity index (χ3v) is 4.93. The molecule has 1 heterocycles. The fraction of sp³-hybridized carbons (Fsp3) is 0.235. The molecule has 0 bridgehead atoms. The summed E-state index contributed by atoms with van der Waals surface area (Å²) in [5.74, 6) is 5.84. The second kappa shape index (κ2) is 7.54. The summed E-state index contributed by atoms with van der Waals surface area (Å²) in [6, 6.07) is 14.4. The maximum Gasteiger partial charge on any atom is 0.244 e. The van der Waals surface area contributed by atoms with Crippen molar-refractivity contribution < 1.29 is 4.79 Å². The number of nitrogens with one attached hydrogen (secondary N) is 2. The van der Waals surface area contributed by atoms with Crippen molar-refractivity contribution in [1.29, 1.82) is 0 Å². The number of nitrogens with two attached hydrogens (primary N) is 1. The summed E-state index contributed by atoms with van der Waals surface area (Å²) in [6.07, 6.45) is 0. The van der Waals surface area contributed by atoms with Gasteiger partial charge in [-0.15, -0.1) is 10.2 Å². The fourth-order valence-electron chi connectivity index (χ4n) is 2.65. The largest absolute Gasteiger partial charge is 0.375 e. The van der Waals surface area contributed by atoms with Crippen molar-refractivity contribution in [3.63, 3.8) is 0 Å². The van der Waals surface area contributed by atoms with Crippen molar-refractivity contribution in [1.82, 2.24) is 20.2 Å². The summed E-state index contributed by atoms with van der Waals surface area (Å²) < 4.78 is 1.89. The Morgan fingerprint density at radius 1 is 1.24 bits per heavy atom. The Labute approximate surface area is 150 Å². The lowest BCUT2D eigenvalue weighted by Gasteiger charge is -2.16. The molecule has 0 aliphatic heterocycles. The highest BCUT2D eigenvalue weighted by Gasteiger charge is 2.17. The Morgan fingerprint density at radius 3 is 2.80 bits per heavy atom. The minimum Gasteiger partial charge on any atom is -0.375 e. The standard InChI is InChI=1S/C17H20N6OS/c1-11(16-21-22-17(23(16)2)25-10-15(24)20-18)19-14-9-5-7-12-6-3-4-8-13(12)14/h3-9,11,19H,10,18H2,1-2H3,(H,20,24)/t11-/m0/s1. The van der Waals surface area contributed by atoms with Crippen LogP contribution in [-0.4, -0.2) is 26.4 Å². The third kappa shape index (κ3) is 3.75. The van der Waals surface area contributed by atoms with Gasteiger partial charge in [-0.2, -0.15) is 0 Å². The zero-order valence-electron chi connectivity index (χ0n) is 14.1. The number of carbonyl (C=O) groups excluding carboxylic acids is 1. The summed E-state index contributed by atoms with van der Waals surface area (Å²) in [5, 5.41) is 14.9. The molecule has 0 radical (unpaired) electrons. The lowest BCUT2D eigenvalue weighted by atomic mass is 10.1. The van der Waals surface area contributed by atoms with Gasteiger partial charge in [0.15, 0.2) is 11.0 Å². The van der Waals surface area contributed by atoms with E-state index < -0.39 is 0 Å². The zero-order valence-corrected chi connectivity index (χ0v) is 14.9. The van der Waals surface area contributed by atoms with Crippen molar-refractivity contribution >= 4 is 34.1 Å². The van der Waals surface area contributed by atoms with Gasteiger partial charge in [-0.1, -0.05) is 48.2 Å². The van der Waals surface area contributed by atoms with Gasteiger partial charge in [0.2, 0.25) is 5.91 Å². The number of amides is 1. The number of anilines is 1. The summed E-state index contributed by atoms with van der Waals surface area (Å²) >= 11 is 1.30. The normalized spacial score (nSPS) is 12.1. The Morgan fingerprint density at radius 2 is 2.00 bits per heavy atom. The topological polar surface area (TPSA) is 97.9 Å². The first-order valence-corrected chi connectivity index (χ1v) is 8.84. The summed E-state index contributed by atoms with van der Waals surface area (Å²) in [4.78, 5) is 11.3. The molecule has 0 saturated heterocycles. The molecule has 0 spiro atoms. The van der Waals surface area contributed by atoms with E-state index in [1.165, 1.54) is 17.1 Å². The molecule has 25 heavy (non-hydrogen) atoms. The van der Waals surface area contributed by atoms with E-state index in [9.17, 15) is 4.79 Å². The van der Waals surface area contributed by atoms with Crippen LogP contribution >= 0.6 is 11.8 Å². The second-order valence-electron chi connectivity index (χ2n) is 5.65. The number of carbonyl (C=O) groups is 1. The van der Waals surface area contributed by atoms with Crippen LogP contribution in [-0.2, 0) is 11.8 Å². The second-order valence-corrected chi connectivity index (χ2v) is 6.59. The molecule has 0 saturated carbocycles. The van der Waals surface area contributed by atoms with Crippen LogP contribution in [0.1, 0.15) is 18.8 Å². The lowest BCUT2D eigenvalue weighted by molar-refractivity contribution is -0.118. The van der Waals surface area contributed by atoms with E-state index in [4.69, 9.17) is 5.84 Å². The van der Waals surface area contributed by atoms with E-state index in [1.54, 1.807) is 0 Å². The molecular formula is C17H20N6OS. The number of rotatable bonds is 6. The van der Waals surface area contributed by atoms with Crippen molar-refractivity contribution in [3.05, 3.63) is 48.3 Å². The van der Waals surface area contributed by atoms with Crippen molar-refractivity contribution in [3.8, 4) is 0 Å². The van der Waals surface area contributed by atoms with Crippen molar-refractivity contribution in [2.24, 2.45) is 12.9 Å². The van der Waals surface area contributed by atoms with Gasteiger partial charge >= 0.3 is 0 Å². The first kappa shape index (κ1) is 17.2. The molecule has 1 atom stereocenters. The molecule has 0 aliphatic rings. The third-order valence-electron chi connectivity index (χ3n) is 3.91. The Kier molecular flexibility index (Phi) is 5.20. The SMILES string of the molecule is C[C@H](Nc1cccc2ccccc12)c1nnc(SCC(=O)NN)n1C. The first-order chi connectivity index (χ1) is 12.1. The van der Waals surface area contributed by atoms with Crippen LogP contribution in [0, 0.1) is 0 Å². The number of hydrogen-bond donors (Lipinski definition) is 3. The van der Waals surface area contributed by atoms with Crippen LogP contribution in [0.4, 0.5) is 5.69 Å². The molecule has 0 fully saturated rings. The van der Waals surface area contributed by atoms with Crippen LogP contribution in [0.15, 0.2) is 47.6 Å². The van der Waals surface area contributed by atoms with E-state index in [1.807, 2.05) is 36.7 Å². The Bertz CT molecular complexity index is 888. The quantitative estimate of drug-likeness (QED) is 0.271. The van der Waals surface area contributed by atoms with Crippen LogP contribution < -0.4 is 16.6 Å². The summed E-state index contributed by atoms with van der Waals surface area (Å²) in [6.45, 7) is 2.03. The van der Waals surface area contributed by atoms with Gasteiger partial charge in [0.25, 0.3) is 0 Å². The van der Waals surface area contributed by atoms with Gasteiger partial charge in [-0.05, 0) is 18.4 Å². The van der Waals surface area contributed by atoms with Crippen LogP contribution in [0.2, 0.25) is 0 Å². The number of fused-ring (bicyclic) bond motifs is 1. The minimum absolute atomic E-state index is 0.0407. The summed E-state index contributed by atoms with van der Waals surface area (Å²) in [7, 11) is 1.89. The van der Waals surface area contributed by atoms with Gasteiger partial charge in [-0.3, -0.25) is 10.2 Å². The van der Waals surface area contributed by atoms with Gasteiger partial charge < -0.3 is 9.88 Å². The number of hydrogen-bond acceptors (Lipinski definition) is 6. The van der Waals surface area contributed by atoms with Crippen molar-refractivity contribution in [2.75, 3.05) is 11.1 Å². The highest BCUT2D eigenvalue weighted by atomic mass is 32.2. The maximum absolute atomic E-state index is 11.3. The zero-order chi connectivity index (χ0) is 17.8. The van der Waals surface area contributed by atoms with E-state index in [2.05, 4.69) is 45.2 Å². The molecule has 2 aromatic carbocycles. The molecule has 1 aromatic heterocycles. The van der Waals surface area contributed by atoms with E-state index in [0.717, 1.165) is 16.9 Å². The average Bonchev–Trinajstić information content (AvgIpc) is 3.00. The predicted molar refractivity (Wildman–Crippen MR) is 100 cm³/mol. The van der Waals surface area contributed by atoms with Crippen LogP contribution in [0.3, 0.4) is 0 Å². The Balaban J connectivity index is 1.78. The molecule has 3 rings (SSSR count). The maximum atomic E-state index is 11.3. The monoisotopic (exact) mass is 356 g/mol. The fourth-order valence-corrected chi connectivity index (χ4v) is 3.38. The lowest BCUT2D eigenvalue weighted by Crippen LogP contribution is -2.31. The number of aromatic nitrogens is 3. The molecule has 0 unspecified atom stereocenters. The van der Waals surface area contributed by atoms with Gasteiger partial charge in [-0.25, -0.2) is 5.84 Å². The van der Waals surface area contributed by atoms with Crippen LogP contribution in [0.25, 0.3) is 10.8 Å². The van der Waals surface area contributed by atoms with Crippen molar-refractivity contribution in [2.45, 2.75) is 18.1 Å². The van der Waals surface area contributed by atoms with Gasteiger partial charge in [0.1, 0.15) is 0 Å². The van der Waals surface area contributed by atoms with Crippen LogP contribution in [0.5, 0.6) is 0 Å². The average molecular weight is 356 g/mol.